The van der Waals surface area contributed by atoms with E-state index in [0.29, 0.717) is 11.5 Å². The number of hydrogen-bond acceptors (Lipinski definition) is 4. The first-order valence-corrected chi connectivity index (χ1v) is 8.45. The Morgan fingerprint density at radius 1 is 1.21 bits per heavy atom. The van der Waals surface area contributed by atoms with E-state index in [2.05, 4.69) is 34.7 Å². The van der Waals surface area contributed by atoms with Crippen molar-refractivity contribution in [1.82, 2.24) is 15.1 Å². The van der Waals surface area contributed by atoms with Crippen LogP contribution in [-0.4, -0.2) is 28.0 Å². The molecule has 5 heteroatoms. The van der Waals surface area contributed by atoms with Crippen molar-refractivity contribution >= 4 is 10.9 Å². The van der Waals surface area contributed by atoms with Crippen molar-refractivity contribution in [2.75, 3.05) is 13.1 Å². The number of aromatic nitrogens is 2. The Balaban J connectivity index is 1.66. The fraction of sp³-hybridized carbons (Fsp3) is 0.316. The highest BCUT2D eigenvalue weighted by atomic mass is 16.3. The number of aliphatic hydroxyl groups is 1. The average Bonchev–Trinajstić information content (AvgIpc) is 3.06. The lowest BCUT2D eigenvalue weighted by Crippen LogP contribution is -2.28. The van der Waals surface area contributed by atoms with Crippen LogP contribution in [-0.2, 0) is 0 Å². The summed E-state index contributed by atoms with van der Waals surface area (Å²) < 4.78 is 1.85. The normalized spacial score (nSPS) is 19.5. The molecule has 1 aliphatic rings. The number of aliphatic hydroxyl groups excluding tert-OH is 1. The van der Waals surface area contributed by atoms with E-state index in [0.717, 1.165) is 29.7 Å². The molecule has 0 aliphatic carbocycles. The first kappa shape index (κ1) is 15.3. The van der Waals surface area contributed by atoms with Gasteiger partial charge in [0.25, 0.3) is 0 Å². The molecule has 1 aliphatic heterocycles. The summed E-state index contributed by atoms with van der Waals surface area (Å²) in [4.78, 5) is 0. The second-order valence-corrected chi connectivity index (χ2v) is 6.44. The number of hydrogen-bond donors (Lipinski definition) is 3. The molecule has 0 spiro atoms. The van der Waals surface area contributed by atoms with Gasteiger partial charge >= 0.3 is 0 Å². The van der Waals surface area contributed by atoms with Crippen molar-refractivity contribution in [2.24, 2.45) is 5.73 Å². The number of nitrogens with zero attached hydrogens (tertiary/aromatic N) is 2. The largest absolute Gasteiger partial charge is 0.374 e. The van der Waals surface area contributed by atoms with Crippen LogP contribution in [0.2, 0.25) is 0 Å². The monoisotopic (exact) mass is 322 g/mol. The maximum Gasteiger partial charge on any atom is 0.130 e. The second kappa shape index (κ2) is 6.36. The van der Waals surface area contributed by atoms with Crippen molar-refractivity contribution in [3.05, 3.63) is 59.8 Å². The third kappa shape index (κ3) is 2.82. The first-order chi connectivity index (χ1) is 11.7. The van der Waals surface area contributed by atoms with Gasteiger partial charge in [-0.25, -0.2) is 4.68 Å². The van der Waals surface area contributed by atoms with Gasteiger partial charge in [0.05, 0.1) is 11.2 Å². The predicted molar refractivity (Wildman–Crippen MR) is 95.1 cm³/mol. The molecule has 3 aromatic rings. The molecule has 124 valence electrons. The van der Waals surface area contributed by atoms with Gasteiger partial charge in [-0.1, -0.05) is 30.3 Å². The maximum atomic E-state index is 9.70. The van der Waals surface area contributed by atoms with Gasteiger partial charge in [-0.15, -0.1) is 0 Å². The van der Waals surface area contributed by atoms with Crippen molar-refractivity contribution in [2.45, 2.75) is 25.0 Å². The van der Waals surface area contributed by atoms with Crippen LogP contribution < -0.4 is 11.1 Å². The van der Waals surface area contributed by atoms with E-state index in [4.69, 9.17) is 5.73 Å². The highest BCUT2D eigenvalue weighted by molar-refractivity contribution is 5.82. The number of piperidine rings is 1. The molecular formula is C19H22N4O. The van der Waals surface area contributed by atoms with E-state index in [1.807, 2.05) is 29.1 Å². The van der Waals surface area contributed by atoms with Crippen LogP contribution in [0.15, 0.2) is 48.7 Å². The molecule has 2 heterocycles. The zero-order valence-corrected chi connectivity index (χ0v) is 13.5. The van der Waals surface area contributed by atoms with Gasteiger partial charge in [-0.3, -0.25) is 0 Å². The highest BCUT2D eigenvalue weighted by Crippen LogP contribution is 2.25. The third-order valence-electron chi connectivity index (χ3n) is 4.81. The summed E-state index contributed by atoms with van der Waals surface area (Å²) in [6, 6.07) is 14.3. The smallest absolute Gasteiger partial charge is 0.130 e. The minimum atomic E-state index is -1.02. The highest BCUT2D eigenvalue weighted by Gasteiger charge is 2.15. The zero-order chi connectivity index (χ0) is 16.5. The molecular weight excluding hydrogens is 300 g/mol. The van der Waals surface area contributed by atoms with Crippen LogP contribution in [0.3, 0.4) is 0 Å². The number of nitrogens with two attached hydrogens (primary N) is 1. The van der Waals surface area contributed by atoms with Crippen LogP contribution in [0, 0.1) is 0 Å². The lowest BCUT2D eigenvalue weighted by Gasteiger charge is -2.23. The molecule has 5 nitrogen and oxygen atoms in total. The number of nitrogens with one attached hydrogen (secondary N) is 1. The maximum absolute atomic E-state index is 9.70. The summed E-state index contributed by atoms with van der Waals surface area (Å²) in [6.07, 6.45) is 3.44. The molecule has 2 atom stereocenters. The summed E-state index contributed by atoms with van der Waals surface area (Å²) in [5.74, 6) is 0.600. The zero-order valence-electron chi connectivity index (χ0n) is 13.5. The summed E-state index contributed by atoms with van der Waals surface area (Å²) in [7, 11) is 0. The molecule has 1 saturated heterocycles. The van der Waals surface area contributed by atoms with Gasteiger partial charge < -0.3 is 16.2 Å². The van der Waals surface area contributed by atoms with E-state index in [-0.39, 0.29) is 0 Å². The number of rotatable bonds is 3. The second-order valence-electron chi connectivity index (χ2n) is 6.44. The van der Waals surface area contributed by atoms with Gasteiger partial charge in [0.15, 0.2) is 0 Å². The summed E-state index contributed by atoms with van der Waals surface area (Å²) in [6.45, 7) is 2.19. The first-order valence-electron chi connectivity index (χ1n) is 8.45. The minimum Gasteiger partial charge on any atom is -0.374 e. The Labute approximate surface area is 141 Å². The molecule has 1 unspecified atom stereocenters. The molecule has 1 aromatic heterocycles. The molecule has 0 saturated carbocycles. The standard InChI is InChI=1S/C19H22N4O/c20-19(24)17-5-1-3-15-12-23(22-18(15)17)16-8-6-13(7-9-16)14-4-2-10-21-11-14/h1,3,5-9,12,14,19,21,24H,2,4,10-11,20H2/t14-,19?/m1/s1. The Bertz CT molecular complexity index is 832. The van der Waals surface area contributed by atoms with E-state index >= 15 is 0 Å². The van der Waals surface area contributed by atoms with Gasteiger partial charge in [0.2, 0.25) is 0 Å². The summed E-state index contributed by atoms with van der Waals surface area (Å²) in [5.41, 5.74) is 9.41. The Morgan fingerprint density at radius 3 is 2.75 bits per heavy atom. The average molecular weight is 322 g/mol. The van der Waals surface area contributed by atoms with Crippen LogP contribution >= 0.6 is 0 Å². The van der Waals surface area contributed by atoms with Gasteiger partial charge in [0, 0.05) is 23.7 Å². The van der Waals surface area contributed by atoms with Gasteiger partial charge in [0.1, 0.15) is 6.23 Å². The number of fused-ring (bicyclic) bond motifs is 1. The molecule has 0 bridgehead atoms. The molecule has 1 fully saturated rings. The third-order valence-corrected chi connectivity index (χ3v) is 4.81. The lowest BCUT2D eigenvalue weighted by atomic mass is 9.92. The topological polar surface area (TPSA) is 76.1 Å². The van der Waals surface area contributed by atoms with E-state index in [9.17, 15) is 5.11 Å². The summed E-state index contributed by atoms with van der Waals surface area (Å²) in [5, 5.41) is 18.7. The van der Waals surface area contributed by atoms with Crippen molar-refractivity contribution < 1.29 is 5.11 Å². The molecule has 4 N–H and O–H groups in total. The lowest BCUT2D eigenvalue weighted by molar-refractivity contribution is 0.187. The fourth-order valence-corrected chi connectivity index (χ4v) is 3.47. The van der Waals surface area contributed by atoms with Gasteiger partial charge in [-0.05, 0) is 43.0 Å². The molecule has 0 amide bonds. The van der Waals surface area contributed by atoms with E-state index in [1.54, 1.807) is 0 Å². The molecule has 4 rings (SSSR count). The minimum absolute atomic E-state index is 0.600. The fourth-order valence-electron chi connectivity index (χ4n) is 3.47. The Hall–Kier alpha value is -2.21. The molecule has 0 radical (unpaired) electrons. The van der Waals surface area contributed by atoms with E-state index < -0.39 is 6.23 Å². The molecule has 24 heavy (non-hydrogen) atoms. The SMILES string of the molecule is NC(O)c1cccc2cn(-c3ccc([C@@H]4CCCNC4)cc3)nc12. The van der Waals surface area contributed by atoms with Crippen LogP contribution in [0.1, 0.15) is 36.1 Å². The van der Waals surface area contributed by atoms with Gasteiger partial charge in [-0.2, -0.15) is 5.10 Å². The van der Waals surface area contributed by atoms with Crippen molar-refractivity contribution in [3.8, 4) is 5.69 Å². The van der Waals surface area contributed by atoms with Crippen LogP contribution in [0.25, 0.3) is 16.6 Å². The Kier molecular flexibility index (Phi) is 4.06. The Morgan fingerprint density at radius 2 is 2.04 bits per heavy atom. The number of benzene rings is 2. The van der Waals surface area contributed by atoms with Crippen molar-refractivity contribution in [3.63, 3.8) is 0 Å². The van der Waals surface area contributed by atoms with Crippen molar-refractivity contribution in [1.29, 1.82) is 0 Å². The van der Waals surface area contributed by atoms with E-state index in [1.165, 1.54) is 18.4 Å². The van der Waals surface area contributed by atoms with Crippen LogP contribution in [0.5, 0.6) is 0 Å². The predicted octanol–water partition coefficient (Wildman–Crippen LogP) is 2.44. The quantitative estimate of drug-likeness (QED) is 0.647. The summed E-state index contributed by atoms with van der Waals surface area (Å²) >= 11 is 0. The molecule has 2 aromatic carbocycles. The van der Waals surface area contributed by atoms with Crippen LogP contribution in [0.4, 0.5) is 0 Å².